The minimum Gasteiger partial charge on any atom is -0.378 e. The minimum atomic E-state index is 0.521. The average molecular weight is 257 g/mol. The van der Waals surface area contributed by atoms with Crippen molar-refractivity contribution in [2.45, 2.75) is 57.6 Å². The Labute approximate surface area is 110 Å². The maximum Gasteiger partial charge on any atom is 0.0589 e. The van der Waals surface area contributed by atoms with Crippen LogP contribution in [0.25, 0.3) is 0 Å². The molecule has 0 aromatic rings. The molecule has 0 radical (unpaired) electrons. The van der Waals surface area contributed by atoms with E-state index in [0.717, 1.165) is 18.6 Å². The van der Waals surface area contributed by atoms with Crippen LogP contribution in [0.15, 0.2) is 0 Å². The quantitative estimate of drug-likeness (QED) is 0.818. The molecule has 0 aromatic carbocycles. The lowest BCUT2D eigenvalue weighted by Crippen LogP contribution is -2.41. The van der Waals surface area contributed by atoms with Gasteiger partial charge in [0.15, 0.2) is 0 Å². The van der Waals surface area contributed by atoms with Crippen LogP contribution in [0, 0.1) is 5.92 Å². The molecule has 0 aliphatic carbocycles. The molecule has 3 heteroatoms. The molecule has 2 heterocycles. The minimum absolute atomic E-state index is 0.521. The summed E-state index contributed by atoms with van der Waals surface area (Å²) in [6, 6.07) is 0.717. The lowest BCUT2D eigenvalue weighted by atomic mass is 9.98. The molecule has 2 saturated heterocycles. The van der Waals surface area contributed by atoms with Crippen LogP contribution in [-0.2, 0) is 4.74 Å². The molecular formula is C14H27NOS. The zero-order chi connectivity index (χ0) is 11.9. The highest BCUT2D eigenvalue weighted by Crippen LogP contribution is 2.23. The summed E-state index contributed by atoms with van der Waals surface area (Å²) >= 11 is 2.12. The van der Waals surface area contributed by atoms with Gasteiger partial charge >= 0.3 is 0 Å². The second-order valence-corrected chi connectivity index (χ2v) is 6.69. The lowest BCUT2D eigenvalue weighted by molar-refractivity contribution is -0.00373. The molecule has 2 rings (SSSR count). The third-order valence-electron chi connectivity index (χ3n) is 4.01. The number of hydrogen-bond donors (Lipinski definition) is 1. The zero-order valence-corrected chi connectivity index (χ0v) is 11.9. The fraction of sp³-hybridized carbons (Fsp3) is 1.00. The first kappa shape index (κ1) is 13.7. The monoisotopic (exact) mass is 257 g/mol. The molecule has 0 saturated carbocycles. The Kier molecular flexibility index (Phi) is 6.16. The van der Waals surface area contributed by atoms with Gasteiger partial charge in [0.25, 0.3) is 0 Å². The fourth-order valence-electron chi connectivity index (χ4n) is 2.87. The lowest BCUT2D eigenvalue weighted by Gasteiger charge is -2.32. The molecule has 2 nitrogen and oxygen atoms in total. The smallest absolute Gasteiger partial charge is 0.0589 e. The summed E-state index contributed by atoms with van der Waals surface area (Å²) in [4.78, 5) is 0. The van der Waals surface area contributed by atoms with Crippen molar-refractivity contribution in [3.8, 4) is 0 Å². The van der Waals surface area contributed by atoms with Crippen LogP contribution < -0.4 is 5.32 Å². The van der Waals surface area contributed by atoms with Gasteiger partial charge in [0.1, 0.15) is 0 Å². The molecule has 2 aliphatic rings. The van der Waals surface area contributed by atoms with Crippen molar-refractivity contribution in [1.29, 1.82) is 0 Å². The van der Waals surface area contributed by atoms with Crippen molar-refractivity contribution in [2.75, 3.05) is 24.7 Å². The standard InChI is InChI=1S/C14H27NOS/c1-2-3-14-10-13(4-7-16-14)15-11-12-5-8-17-9-6-12/h12-15H,2-11H2,1H3. The van der Waals surface area contributed by atoms with E-state index in [-0.39, 0.29) is 0 Å². The second-order valence-electron chi connectivity index (χ2n) is 5.47. The van der Waals surface area contributed by atoms with E-state index < -0.39 is 0 Å². The third-order valence-corrected chi connectivity index (χ3v) is 5.06. The Morgan fingerprint density at radius 2 is 2.06 bits per heavy atom. The van der Waals surface area contributed by atoms with Gasteiger partial charge in [-0.2, -0.15) is 11.8 Å². The molecule has 0 aromatic heterocycles. The SMILES string of the molecule is CCCC1CC(NCC2CCSCC2)CCO1. The van der Waals surface area contributed by atoms with E-state index in [9.17, 15) is 0 Å². The van der Waals surface area contributed by atoms with Crippen molar-refractivity contribution in [1.82, 2.24) is 5.32 Å². The Bertz CT molecular complexity index is 204. The van der Waals surface area contributed by atoms with Crippen LogP contribution in [-0.4, -0.2) is 36.8 Å². The first-order valence-corrected chi connectivity index (χ1v) is 8.46. The Hall–Kier alpha value is 0.270. The molecule has 2 fully saturated rings. The van der Waals surface area contributed by atoms with Crippen LogP contribution in [0.2, 0.25) is 0 Å². The highest BCUT2D eigenvalue weighted by Gasteiger charge is 2.22. The van der Waals surface area contributed by atoms with Crippen molar-refractivity contribution < 1.29 is 4.74 Å². The molecule has 0 bridgehead atoms. The summed E-state index contributed by atoms with van der Waals surface area (Å²) in [6.07, 6.45) is 8.28. The van der Waals surface area contributed by atoms with Crippen molar-refractivity contribution in [3.05, 3.63) is 0 Å². The Balaban J connectivity index is 1.64. The first-order chi connectivity index (χ1) is 8.38. The number of rotatable bonds is 5. The molecule has 0 spiro atoms. The van der Waals surface area contributed by atoms with Gasteiger partial charge in [0.05, 0.1) is 6.10 Å². The van der Waals surface area contributed by atoms with E-state index in [1.165, 1.54) is 56.6 Å². The molecular weight excluding hydrogens is 230 g/mol. The predicted octanol–water partition coefficient (Wildman–Crippen LogP) is 3.07. The van der Waals surface area contributed by atoms with Crippen LogP contribution >= 0.6 is 11.8 Å². The Morgan fingerprint density at radius 1 is 1.24 bits per heavy atom. The van der Waals surface area contributed by atoms with E-state index in [2.05, 4.69) is 24.0 Å². The van der Waals surface area contributed by atoms with Gasteiger partial charge in [-0.3, -0.25) is 0 Å². The van der Waals surface area contributed by atoms with Gasteiger partial charge < -0.3 is 10.1 Å². The van der Waals surface area contributed by atoms with Gasteiger partial charge in [-0.05, 0) is 56.1 Å². The molecule has 2 aliphatic heterocycles. The molecule has 1 N–H and O–H groups in total. The highest BCUT2D eigenvalue weighted by atomic mass is 32.2. The fourth-order valence-corrected chi connectivity index (χ4v) is 4.08. The topological polar surface area (TPSA) is 21.3 Å². The van der Waals surface area contributed by atoms with Crippen LogP contribution in [0.5, 0.6) is 0 Å². The number of thioether (sulfide) groups is 1. The molecule has 17 heavy (non-hydrogen) atoms. The number of hydrogen-bond acceptors (Lipinski definition) is 3. The summed E-state index contributed by atoms with van der Waals surface area (Å²) in [5.41, 5.74) is 0. The van der Waals surface area contributed by atoms with Gasteiger partial charge in [-0.1, -0.05) is 13.3 Å². The average Bonchev–Trinajstić information content (AvgIpc) is 2.39. The zero-order valence-electron chi connectivity index (χ0n) is 11.1. The largest absolute Gasteiger partial charge is 0.378 e. The number of ether oxygens (including phenoxy) is 1. The van der Waals surface area contributed by atoms with E-state index >= 15 is 0 Å². The van der Waals surface area contributed by atoms with E-state index in [4.69, 9.17) is 4.74 Å². The second kappa shape index (κ2) is 7.65. The molecule has 2 unspecified atom stereocenters. The summed E-state index contributed by atoms with van der Waals surface area (Å²) in [5.74, 6) is 3.68. The van der Waals surface area contributed by atoms with Gasteiger partial charge in [-0.15, -0.1) is 0 Å². The highest BCUT2D eigenvalue weighted by molar-refractivity contribution is 7.99. The Morgan fingerprint density at radius 3 is 2.82 bits per heavy atom. The summed E-state index contributed by atoms with van der Waals surface area (Å²) in [6.45, 7) is 4.45. The molecule has 100 valence electrons. The van der Waals surface area contributed by atoms with E-state index in [1.54, 1.807) is 0 Å². The molecule has 2 atom stereocenters. The predicted molar refractivity (Wildman–Crippen MR) is 75.7 cm³/mol. The third kappa shape index (κ3) is 4.80. The van der Waals surface area contributed by atoms with Crippen LogP contribution in [0.4, 0.5) is 0 Å². The van der Waals surface area contributed by atoms with Gasteiger partial charge in [-0.25, -0.2) is 0 Å². The van der Waals surface area contributed by atoms with Crippen molar-refractivity contribution >= 4 is 11.8 Å². The maximum atomic E-state index is 5.80. The van der Waals surface area contributed by atoms with E-state index in [1.807, 2.05) is 0 Å². The summed E-state index contributed by atoms with van der Waals surface area (Å²) in [7, 11) is 0. The molecule has 0 amide bonds. The van der Waals surface area contributed by atoms with Crippen molar-refractivity contribution in [2.24, 2.45) is 5.92 Å². The van der Waals surface area contributed by atoms with E-state index in [0.29, 0.717) is 6.10 Å². The van der Waals surface area contributed by atoms with Gasteiger partial charge in [0, 0.05) is 12.6 Å². The first-order valence-electron chi connectivity index (χ1n) is 7.31. The summed E-state index contributed by atoms with van der Waals surface area (Å²) in [5, 5.41) is 3.79. The summed E-state index contributed by atoms with van der Waals surface area (Å²) < 4.78 is 5.80. The maximum absolute atomic E-state index is 5.80. The van der Waals surface area contributed by atoms with Crippen molar-refractivity contribution in [3.63, 3.8) is 0 Å². The number of nitrogens with one attached hydrogen (secondary N) is 1. The van der Waals surface area contributed by atoms with Crippen LogP contribution in [0.3, 0.4) is 0 Å². The normalized spacial score (nSPS) is 31.6. The van der Waals surface area contributed by atoms with Gasteiger partial charge in [0.2, 0.25) is 0 Å². The van der Waals surface area contributed by atoms with Crippen LogP contribution in [0.1, 0.15) is 45.4 Å².